The summed E-state index contributed by atoms with van der Waals surface area (Å²) < 4.78 is 2.06. The highest BCUT2D eigenvalue weighted by Gasteiger charge is 2.03. The Bertz CT molecular complexity index is 828. The van der Waals surface area contributed by atoms with Gasteiger partial charge < -0.3 is 15.2 Å². The maximum absolute atomic E-state index is 4.35. The summed E-state index contributed by atoms with van der Waals surface area (Å²) >= 11 is 1.69. The Balaban J connectivity index is 0.00000243. The number of hydrogen-bond acceptors (Lipinski definition) is 4. The molecule has 0 saturated heterocycles. The minimum Gasteiger partial charge on any atom is -0.352 e. The predicted octanol–water partition coefficient (Wildman–Crippen LogP) is 3.18. The molecule has 1 aromatic carbocycles. The lowest BCUT2D eigenvalue weighted by Gasteiger charge is -2.12. The van der Waals surface area contributed by atoms with E-state index in [9.17, 15) is 0 Å². The van der Waals surface area contributed by atoms with E-state index in [-0.39, 0.29) is 24.0 Å². The van der Waals surface area contributed by atoms with E-state index in [1.807, 2.05) is 18.7 Å². The Labute approximate surface area is 174 Å². The third-order valence-corrected chi connectivity index (χ3v) is 4.59. The first-order valence-electron chi connectivity index (χ1n) is 8.12. The van der Waals surface area contributed by atoms with Crippen molar-refractivity contribution in [1.29, 1.82) is 0 Å². The van der Waals surface area contributed by atoms with E-state index in [0.29, 0.717) is 13.1 Å². The molecular weight excluding hydrogens is 459 g/mol. The van der Waals surface area contributed by atoms with Gasteiger partial charge in [0.2, 0.25) is 0 Å². The minimum atomic E-state index is 0. The Hall–Kier alpha value is -1.94. The van der Waals surface area contributed by atoms with Crippen LogP contribution in [-0.2, 0) is 19.6 Å². The molecular formula is C18H23IN6S. The van der Waals surface area contributed by atoms with Crippen LogP contribution in [-0.4, -0.2) is 27.5 Å². The maximum Gasteiger partial charge on any atom is 0.191 e. The summed E-state index contributed by atoms with van der Waals surface area (Å²) in [7, 11) is 1.78. The van der Waals surface area contributed by atoms with Gasteiger partial charge in [0.05, 0.1) is 12.9 Å². The molecule has 0 unspecified atom stereocenters. The molecule has 0 fully saturated rings. The van der Waals surface area contributed by atoms with Gasteiger partial charge in [-0.05, 0) is 18.1 Å². The Morgan fingerprint density at radius 2 is 2.04 bits per heavy atom. The molecule has 0 saturated carbocycles. The first kappa shape index (κ1) is 20.4. The fourth-order valence-electron chi connectivity index (χ4n) is 2.48. The van der Waals surface area contributed by atoms with Crippen LogP contribution in [0.3, 0.4) is 0 Å². The van der Waals surface area contributed by atoms with Crippen LogP contribution in [0.25, 0.3) is 0 Å². The molecule has 0 bridgehead atoms. The van der Waals surface area contributed by atoms with Crippen LogP contribution >= 0.6 is 35.3 Å². The quantitative estimate of drug-likeness (QED) is 0.322. The zero-order valence-electron chi connectivity index (χ0n) is 14.8. The van der Waals surface area contributed by atoms with Crippen LogP contribution in [0.5, 0.6) is 0 Å². The van der Waals surface area contributed by atoms with Gasteiger partial charge in [-0.2, -0.15) is 0 Å². The van der Waals surface area contributed by atoms with Crippen molar-refractivity contribution in [2.45, 2.75) is 26.6 Å². The Morgan fingerprint density at radius 1 is 1.23 bits per heavy atom. The van der Waals surface area contributed by atoms with E-state index in [0.717, 1.165) is 17.5 Å². The molecule has 2 heterocycles. The lowest BCUT2D eigenvalue weighted by molar-refractivity contribution is 0.786. The molecule has 138 valence electrons. The number of thiazole rings is 1. The first-order chi connectivity index (χ1) is 12.2. The number of nitrogens with one attached hydrogen (secondary N) is 2. The second-order valence-electron chi connectivity index (χ2n) is 5.70. The second kappa shape index (κ2) is 10.3. The van der Waals surface area contributed by atoms with Crippen LogP contribution in [0.4, 0.5) is 0 Å². The van der Waals surface area contributed by atoms with E-state index in [1.54, 1.807) is 24.6 Å². The number of nitrogens with zero attached hydrogens (tertiary/aromatic N) is 4. The van der Waals surface area contributed by atoms with Crippen molar-refractivity contribution >= 4 is 41.3 Å². The average molecular weight is 482 g/mol. The van der Waals surface area contributed by atoms with Crippen molar-refractivity contribution < 1.29 is 0 Å². The van der Waals surface area contributed by atoms with Crippen LogP contribution in [0.1, 0.15) is 21.0 Å². The molecule has 3 rings (SSSR count). The topological polar surface area (TPSA) is 67.1 Å². The number of imidazole rings is 1. The fraction of sp³-hybridized carbons (Fsp3) is 0.278. The highest BCUT2D eigenvalue weighted by atomic mass is 127. The lowest BCUT2D eigenvalue weighted by atomic mass is 10.1. The highest BCUT2D eigenvalue weighted by molar-refractivity contribution is 14.0. The van der Waals surface area contributed by atoms with Crippen molar-refractivity contribution in [3.63, 3.8) is 0 Å². The van der Waals surface area contributed by atoms with Gasteiger partial charge in [0.25, 0.3) is 0 Å². The van der Waals surface area contributed by atoms with Gasteiger partial charge in [0.1, 0.15) is 5.01 Å². The van der Waals surface area contributed by atoms with Crippen molar-refractivity contribution in [2.24, 2.45) is 4.99 Å². The van der Waals surface area contributed by atoms with Crippen molar-refractivity contribution in [3.05, 3.63) is 70.2 Å². The molecule has 0 radical (unpaired) electrons. The van der Waals surface area contributed by atoms with Crippen LogP contribution in [0.15, 0.2) is 54.2 Å². The molecule has 26 heavy (non-hydrogen) atoms. The molecule has 6 nitrogen and oxygen atoms in total. The Morgan fingerprint density at radius 3 is 2.73 bits per heavy atom. The third kappa shape index (κ3) is 6.10. The number of benzene rings is 1. The molecule has 0 atom stereocenters. The number of aryl methyl sites for hydroxylation is 1. The highest BCUT2D eigenvalue weighted by Crippen LogP contribution is 2.10. The second-order valence-corrected chi connectivity index (χ2v) is 7.02. The van der Waals surface area contributed by atoms with Crippen LogP contribution in [0.2, 0.25) is 0 Å². The van der Waals surface area contributed by atoms with E-state index in [4.69, 9.17) is 0 Å². The van der Waals surface area contributed by atoms with E-state index >= 15 is 0 Å². The molecule has 0 amide bonds. The zero-order valence-corrected chi connectivity index (χ0v) is 18.0. The smallest absolute Gasteiger partial charge is 0.191 e. The molecule has 0 spiro atoms. The average Bonchev–Trinajstić information content (AvgIpc) is 3.27. The maximum atomic E-state index is 4.35. The number of rotatable bonds is 6. The van der Waals surface area contributed by atoms with E-state index in [2.05, 4.69) is 61.4 Å². The van der Waals surface area contributed by atoms with Gasteiger partial charge >= 0.3 is 0 Å². The summed E-state index contributed by atoms with van der Waals surface area (Å²) in [6, 6.07) is 8.52. The molecule has 2 aromatic heterocycles. The van der Waals surface area contributed by atoms with Gasteiger partial charge in [-0.3, -0.25) is 4.99 Å². The third-order valence-electron chi connectivity index (χ3n) is 3.68. The summed E-state index contributed by atoms with van der Waals surface area (Å²) in [5.74, 6) is 0.771. The normalized spacial score (nSPS) is 11.1. The largest absolute Gasteiger partial charge is 0.352 e. The summed E-state index contributed by atoms with van der Waals surface area (Å²) in [6.45, 7) is 4.28. The van der Waals surface area contributed by atoms with Gasteiger partial charge in [-0.15, -0.1) is 35.3 Å². The molecule has 0 aliphatic carbocycles. The van der Waals surface area contributed by atoms with E-state index < -0.39 is 0 Å². The molecule has 8 heteroatoms. The summed E-state index contributed by atoms with van der Waals surface area (Å²) in [5, 5.41) is 7.70. The molecule has 0 aliphatic rings. The van der Waals surface area contributed by atoms with E-state index in [1.165, 1.54) is 16.0 Å². The minimum absolute atomic E-state index is 0. The van der Waals surface area contributed by atoms with Crippen molar-refractivity contribution in [2.75, 3.05) is 7.05 Å². The fourth-order valence-corrected chi connectivity index (χ4v) is 3.20. The number of halogens is 1. The number of guanidine groups is 1. The molecule has 3 aromatic rings. The standard InChI is InChI=1S/C18H22N6S.HI/c1-14-9-21-17(25-14)11-23-18(19-2)22-10-15-4-3-5-16(8-15)12-24-7-6-20-13-24;/h3-9,13H,10-12H2,1-2H3,(H2,19,22,23);1H. The Kier molecular flexibility index (Phi) is 8.05. The zero-order chi connectivity index (χ0) is 17.5. The van der Waals surface area contributed by atoms with Crippen molar-refractivity contribution in [3.8, 4) is 0 Å². The van der Waals surface area contributed by atoms with Gasteiger partial charge in [-0.25, -0.2) is 9.97 Å². The summed E-state index contributed by atoms with van der Waals surface area (Å²) in [5.41, 5.74) is 2.46. The number of aromatic nitrogens is 3. The number of hydrogen-bond donors (Lipinski definition) is 2. The van der Waals surface area contributed by atoms with Gasteiger partial charge in [0, 0.05) is 43.6 Å². The summed E-state index contributed by atoms with van der Waals surface area (Å²) in [6.07, 6.45) is 7.49. The van der Waals surface area contributed by atoms with Crippen molar-refractivity contribution in [1.82, 2.24) is 25.2 Å². The molecule has 2 N–H and O–H groups in total. The van der Waals surface area contributed by atoms with Crippen LogP contribution < -0.4 is 10.6 Å². The van der Waals surface area contributed by atoms with Crippen LogP contribution in [0, 0.1) is 6.92 Å². The predicted molar refractivity (Wildman–Crippen MR) is 117 cm³/mol. The number of aliphatic imine (C=N–C) groups is 1. The SMILES string of the molecule is CN=C(NCc1cccc(Cn2ccnc2)c1)NCc1ncc(C)s1.I. The van der Waals surface area contributed by atoms with Gasteiger partial charge in [0.15, 0.2) is 5.96 Å². The monoisotopic (exact) mass is 482 g/mol. The summed E-state index contributed by atoms with van der Waals surface area (Å²) in [4.78, 5) is 13.9. The molecule has 0 aliphatic heterocycles. The first-order valence-corrected chi connectivity index (χ1v) is 8.94. The lowest BCUT2D eigenvalue weighted by Crippen LogP contribution is -2.36. The van der Waals surface area contributed by atoms with Gasteiger partial charge in [-0.1, -0.05) is 24.3 Å².